The number of hydrogen-bond donors (Lipinski definition) is 1. The summed E-state index contributed by atoms with van der Waals surface area (Å²) in [5, 5.41) is 9.43. The van der Waals surface area contributed by atoms with Crippen LogP contribution in [0, 0.1) is 5.92 Å². The van der Waals surface area contributed by atoms with Gasteiger partial charge in [-0.15, -0.1) is 0 Å². The quantitative estimate of drug-likeness (QED) is 0.844. The molecule has 0 aromatic heterocycles. The molecule has 0 aromatic carbocycles. The van der Waals surface area contributed by atoms with Gasteiger partial charge in [0.15, 0.2) is 0 Å². The fraction of sp³-hybridized carbons (Fsp3) is 0.867. The minimum Gasteiger partial charge on any atom is -0.480 e. The molecule has 2 heterocycles. The monoisotopic (exact) mass is 298 g/mol. The van der Waals surface area contributed by atoms with Crippen LogP contribution in [0.25, 0.3) is 0 Å². The fourth-order valence-electron chi connectivity index (χ4n) is 3.23. The Labute approximate surface area is 126 Å². The fourth-order valence-corrected chi connectivity index (χ4v) is 3.23. The Morgan fingerprint density at radius 2 is 2.05 bits per heavy atom. The molecule has 0 radical (unpaired) electrons. The summed E-state index contributed by atoms with van der Waals surface area (Å²) in [5.74, 6) is -0.495. The number of ether oxygens (including phenoxy) is 1. The number of rotatable bonds is 2. The largest absolute Gasteiger partial charge is 0.480 e. The molecule has 6 nitrogen and oxygen atoms in total. The average molecular weight is 298 g/mol. The topological polar surface area (TPSA) is 70.1 Å². The number of urea groups is 1. The van der Waals surface area contributed by atoms with Crippen LogP contribution in [0.2, 0.25) is 0 Å². The first-order valence-corrected chi connectivity index (χ1v) is 7.76. The number of hydrogen-bond acceptors (Lipinski definition) is 3. The third kappa shape index (κ3) is 3.67. The highest BCUT2D eigenvalue weighted by atomic mass is 16.5. The van der Waals surface area contributed by atoms with Gasteiger partial charge in [0.05, 0.1) is 18.8 Å². The highest BCUT2D eigenvalue weighted by Crippen LogP contribution is 2.27. The number of likely N-dealkylation sites (tertiary alicyclic amines) is 1. The minimum absolute atomic E-state index is 0.159. The SMILES string of the molecule is CCC1CCN(C(=O)N2CCOC(C)(C)C2)C(C(=O)O)C1. The van der Waals surface area contributed by atoms with E-state index in [1.807, 2.05) is 13.8 Å². The van der Waals surface area contributed by atoms with Crippen LogP contribution < -0.4 is 0 Å². The molecule has 0 aromatic rings. The van der Waals surface area contributed by atoms with Gasteiger partial charge in [0, 0.05) is 13.1 Å². The van der Waals surface area contributed by atoms with Crippen molar-refractivity contribution >= 4 is 12.0 Å². The van der Waals surface area contributed by atoms with Crippen LogP contribution in [0.3, 0.4) is 0 Å². The van der Waals surface area contributed by atoms with Crippen molar-refractivity contribution in [2.75, 3.05) is 26.2 Å². The molecule has 2 aliphatic heterocycles. The molecule has 0 spiro atoms. The van der Waals surface area contributed by atoms with E-state index in [1.54, 1.807) is 4.90 Å². The third-order valence-corrected chi connectivity index (χ3v) is 4.52. The first kappa shape index (κ1) is 16.1. The van der Waals surface area contributed by atoms with Crippen LogP contribution in [-0.4, -0.2) is 64.8 Å². The van der Waals surface area contributed by atoms with Crippen LogP contribution >= 0.6 is 0 Å². The van der Waals surface area contributed by atoms with Gasteiger partial charge < -0.3 is 19.6 Å². The Bertz CT molecular complexity index is 410. The lowest BCUT2D eigenvalue weighted by Gasteiger charge is -2.43. The molecule has 2 atom stereocenters. The van der Waals surface area contributed by atoms with Gasteiger partial charge in [0.1, 0.15) is 6.04 Å². The Morgan fingerprint density at radius 3 is 2.62 bits per heavy atom. The second kappa shape index (κ2) is 6.22. The highest BCUT2D eigenvalue weighted by molar-refractivity contribution is 5.83. The summed E-state index contributed by atoms with van der Waals surface area (Å²) in [6.07, 6.45) is 2.42. The van der Waals surface area contributed by atoms with Crippen molar-refractivity contribution in [3.63, 3.8) is 0 Å². The molecule has 2 fully saturated rings. The first-order chi connectivity index (χ1) is 9.84. The van der Waals surface area contributed by atoms with Gasteiger partial charge >= 0.3 is 12.0 Å². The summed E-state index contributed by atoms with van der Waals surface area (Å²) in [5.41, 5.74) is -0.367. The smallest absolute Gasteiger partial charge is 0.326 e. The lowest BCUT2D eigenvalue weighted by Crippen LogP contribution is -2.59. The number of piperidine rings is 1. The van der Waals surface area contributed by atoms with E-state index < -0.39 is 12.0 Å². The van der Waals surface area contributed by atoms with Crippen molar-refractivity contribution in [3.05, 3.63) is 0 Å². The summed E-state index contributed by atoms with van der Waals surface area (Å²) in [4.78, 5) is 27.5. The maximum Gasteiger partial charge on any atom is 0.326 e. The van der Waals surface area contributed by atoms with Gasteiger partial charge in [-0.1, -0.05) is 13.3 Å². The molecule has 0 saturated carbocycles. The number of aliphatic carboxylic acids is 1. The molecular formula is C15H26N2O4. The van der Waals surface area contributed by atoms with Gasteiger partial charge in [0.25, 0.3) is 0 Å². The molecule has 2 amide bonds. The lowest BCUT2D eigenvalue weighted by molar-refractivity contribution is -0.144. The standard InChI is InChI=1S/C15H26N2O4/c1-4-11-5-6-17(12(9-11)13(18)19)14(20)16-7-8-21-15(2,3)10-16/h11-12H,4-10H2,1-3H3,(H,18,19). The normalized spacial score (nSPS) is 29.3. The highest BCUT2D eigenvalue weighted by Gasteiger charge is 2.39. The number of morpholine rings is 1. The number of nitrogens with zero attached hydrogens (tertiary/aromatic N) is 2. The zero-order valence-corrected chi connectivity index (χ0v) is 13.2. The van der Waals surface area contributed by atoms with Crippen molar-refractivity contribution in [2.45, 2.75) is 51.7 Å². The minimum atomic E-state index is -0.894. The van der Waals surface area contributed by atoms with Gasteiger partial charge in [-0.25, -0.2) is 9.59 Å². The van der Waals surface area contributed by atoms with Gasteiger partial charge in [0.2, 0.25) is 0 Å². The van der Waals surface area contributed by atoms with Crippen LogP contribution in [-0.2, 0) is 9.53 Å². The van der Waals surface area contributed by atoms with E-state index in [1.165, 1.54) is 4.90 Å². The van der Waals surface area contributed by atoms with E-state index in [2.05, 4.69) is 6.92 Å². The average Bonchev–Trinajstić information content (AvgIpc) is 2.44. The third-order valence-electron chi connectivity index (χ3n) is 4.52. The number of carboxylic acids is 1. The molecule has 0 bridgehead atoms. The molecule has 2 saturated heterocycles. The maximum absolute atomic E-state index is 12.7. The van der Waals surface area contributed by atoms with E-state index in [9.17, 15) is 14.7 Å². The van der Waals surface area contributed by atoms with Crippen molar-refractivity contribution in [1.29, 1.82) is 0 Å². The van der Waals surface area contributed by atoms with Gasteiger partial charge in [-0.3, -0.25) is 0 Å². The second-order valence-electron chi connectivity index (χ2n) is 6.66. The molecule has 21 heavy (non-hydrogen) atoms. The predicted octanol–water partition coefficient (Wildman–Crippen LogP) is 1.79. The second-order valence-corrected chi connectivity index (χ2v) is 6.66. The number of carbonyl (C=O) groups excluding carboxylic acids is 1. The van der Waals surface area contributed by atoms with Crippen LogP contribution in [0.5, 0.6) is 0 Å². The van der Waals surface area contributed by atoms with Crippen LogP contribution in [0.15, 0.2) is 0 Å². The zero-order chi connectivity index (χ0) is 15.6. The Morgan fingerprint density at radius 1 is 1.33 bits per heavy atom. The van der Waals surface area contributed by atoms with Crippen molar-refractivity contribution in [3.8, 4) is 0 Å². The molecule has 0 aliphatic carbocycles. The first-order valence-electron chi connectivity index (χ1n) is 7.76. The van der Waals surface area contributed by atoms with Crippen molar-refractivity contribution < 1.29 is 19.4 Å². The lowest BCUT2D eigenvalue weighted by atomic mass is 9.89. The maximum atomic E-state index is 12.7. The molecule has 6 heteroatoms. The van der Waals surface area contributed by atoms with Crippen LogP contribution in [0.4, 0.5) is 4.79 Å². The molecule has 2 rings (SSSR count). The predicted molar refractivity (Wildman–Crippen MR) is 78.1 cm³/mol. The van der Waals surface area contributed by atoms with E-state index in [0.717, 1.165) is 12.8 Å². The van der Waals surface area contributed by atoms with Gasteiger partial charge in [-0.2, -0.15) is 0 Å². The summed E-state index contributed by atoms with van der Waals surface area (Å²) < 4.78 is 5.61. The van der Waals surface area contributed by atoms with E-state index in [-0.39, 0.29) is 11.6 Å². The van der Waals surface area contributed by atoms with E-state index in [4.69, 9.17) is 4.74 Å². The summed E-state index contributed by atoms with van der Waals surface area (Å²) in [6, 6.07) is -0.851. The van der Waals surface area contributed by atoms with Crippen molar-refractivity contribution in [1.82, 2.24) is 9.80 Å². The number of carbonyl (C=O) groups is 2. The zero-order valence-electron chi connectivity index (χ0n) is 13.2. The van der Waals surface area contributed by atoms with Crippen LogP contribution in [0.1, 0.15) is 40.0 Å². The molecule has 2 aliphatic rings. The Balaban J connectivity index is 2.08. The van der Waals surface area contributed by atoms with Gasteiger partial charge in [-0.05, 0) is 32.6 Å². The number of amides is 2. The summed E-state index contributed by atoms with van der Waals surface area (Å²) in [6.45, 7) is 8.04. The van der Waals surface area contributed by atoms with E-state index in [0.29, 0.717) is 38.6 Å². The summed E-state index contributed by atoms with van der Waals surface area (Å²) in [7, 11) is 0. The van der Waals surface area contributed by atoms with E-state index >= 15 is 0 Å². The molecule has 120 valence electrons. The molecular weight excluding hydrogens is 272 g/mol. The van der Waals surface area contributed by atoms with Crippen molar-refractivity contribution in [2.24, 2.45) is 5.92 Å². The Kier molecular flexibility index (Phi) is 4.76. The molecule has 2 unspecified atom stereocenters. The Hall–Kier alpha value is -1.30. The molecule has 1 N–H and O–H groups in total. The summed E-state index contributed by atoms with van der Waals surface area (Å²) >= 11 is 0. The number of carboxylic acid groups (broad SMARTS) is 1.